The fourth-order valence-electron chi connectivity index (χ4n) is 7.56. The molecule has 0 aliphatic carbocycles. The quantitative estimate of drug-likeness (QED) is 0.0486. The zero-order valence-electron chi connectivity index (χ0n) is 33.7. The first-order valence-electron chi connectivity index (χ1n) is 19.0. The van der Waals surface area contributed by atoms with Crippen molar-refractivity contribution in [3.05, 3.63) is 53.6 Å². The molecule has 2 saturated heterocycles. The van der Waals surface area contributed by atoms with Crippen LogP contribution in [0.25, 0.3) is 0 Å². The van der Waals surface area contributed by atoms with Gasteiger partial charge in [-0.2, -0.15) is 0 Å². The second kappa shape index (κ2) is 19.6. The molecule has 0 unspecified atom stereocenters. The maximum atomic E-state index is 12.4. The van der Waals surface area contributed by atoms with E-state index in [2.05, 4.69) is 40.5 Å². The molecule has 1 aromatic carbocycles. The number of rotatable bonds is 19. The molecule has 11 heteroatoms. The van der Waals surface area contributed by atoms with E-state index >= 15 is 0 Å². The Morgan fingerprint density at radius 3 is 2.28 bits per heavy atom. The van der Waals surface area contributed by atoms with Crippen LogP contribution in [0.2, 0.25) is 18.1 Å². The van der Waals surface area contributed by atoms with Crippen LogP contribution in [0.4, 0.5) is 0 Å². The van der Waals surface area contributed by atoms with Gasteiger partial charge in [-0.15, -0.1) is 6.42 Å². The number of terminal acetylenes is 1. The molecule has 10 nitrogen and oxygen atoms in total. The molecule has 296 valence electrons. The fraction of sp³-hybridized carbons (Fsp3) is 0.667. The van der Waals surface area contributed by atoms with E-state index in [-0.39, 0.29) is 18.6 Å². The molecule has 0 bridgehead atoms. The van der Waals surface area contributed by atoms with E-state index in [1.807, 2.05) is 50.3 Å². The SMILES string of the molecule is C#CC(C)(C)/C=C/[C@H]1C/C(=C\C(=O)OC)C[C@@H](C[C@]2(OC)O[C@H](C[C@H](CC(=O)O)O[Si](CC)(CC)CC)C[C@H](OCc3ccc(OC)cc3)C2(C)C)O1. The van der Waals surface area contributed by atoms with Crippen LogP contribution in [0.5, 0.6) is 5.75 Å². The molecule has 2 heterocycles. The number of carbonyl (C=O) groups is 2. The number of hydrogen-bond acceptors (Lipinski definition) is 9. The van der Waals surface area contributed by atoms with Gasteiger partial charge in [0.05, 0.1) is 57.8 Å². The number of esters is 1. The van der Waals surface area contributed by atoms with Gasteiger partial charge in [-0.3, -0.25) is 4.79 Å². The largest absolute Gasteiger partial charge is 0.497 e. The summed E-state index contributed by atoms with van der Waals surface area (Å²) in [5, 5.41) is 9.98. The molecule has 2 fully saturated rings. The van der Waals surface area contributed by atoms with Crippen LogP contribution < -0.4 is 4.74 Å². The summed E-state index contributed by atoms with van der Waals surface area (Å²) in [5.41, 5.74) is 0.698. The Morgan fingerprint density at radius 2 is 1.74 bits per heavy atom. The second-order valence-corrected chi connectivity index (χ2v) is 20.3. The molecule has 0 saturated carbocycles. The van der Waals surface area contributed by atoms with Crippen LogP contribution in [0.15, 0.2) is 48.1 Å². The average Bonchev–Trinajstić information content (AvgIpc) is 3.13. The Bertz CT molecular complexity index is 1430. The van der Waals surface area contributed by atoms with Crippen molar-refractivity contribution in [2.45, 2.75) is 148 Å². The van der Waals surface area contributed by atoms with Crippen LogP contribution in [-0.4, -0.2) is 83.0 Å². The minimum atomic E-state index is -2.15. The second-order valence-electron chi connectivity index (χ2n) is 15.6. The van der Waals surface area contributed by atoms with Gasteiger partial charge in [0.2, 0.25) is 0 Å². The summed E-state index contributed by atoms with van der Waals surface area (Å²) in [6, 6.07) is 10.5. The molecule has 2 aliphatic rings. The summed E-state index contributed by atoms with van der Waals surface area (Å²) >= 11 is 0. The molecule has 0 spiro atoms. The molecule has 53 heavy (non-hydrogen) atoms. The van der Waals surface area contributed by atoms with Gasteiger partial charge in [0.25, 0.3) is 0 Å². The van der Waals surface area contributed by atoms with Crippen molar-refractivity contribution >= 4 is 20.3 Å². The lowest BCUT2D eigenvalue weighted by atomic mass is 9.70. The van der Waals surface area contributed by atoms with E-state index in [1.54, 1.807) is 14.2 Å². The minimum absolute atomic E-state index is 0.120. The molecule has 0 radical (unpaired) electrons. The van der Waals surface area contributed by atoms with Crippen LogP contribution in [0, 0.1) is 23.2 Å². The lowest BCUT2D eigenvalue weighted by Crippen LogP contribution is -2.63. The Kier molecular flexibility index (Phi) is 16.4. The number of carboxylic acids is 1. The highest BCUT2D eigenvalue weighted by molar-refractivity contribution is 6.73. The molecular weight excluding hydrogens is 693 g/mol. The van der Waals surface area contributed by atoms with E-state index in [0.717, 1.165) is 35.0 Å². The van der Waals surface area contributed by atoms with E-state index in [4.69, 9.17) is 39.3 Å². The van der Waals surface area contributed by atoms with Crippen molar-refractivity contribution in [1.29, 1.82) is 0 Å². The number of hydrogen-bond donors (Lipinski definition) is 1. The summed E-state index contributed by atoms with van der Waals surface area (Å²) < 4.78 is 44.2. The summed E-state index contributed by atoms with van der Waals surface area (Å²) in [5.74, 6) is 1.01. The third kappa shape index (κ3) is 12.0. The highest BCUT2D eigenvalue weighted by atomic mass is 28.4. The lowest BCUT2D eigenvalue weighted by Gasteiger charge is -2.56. The van der Waals surface area contributed by atoms with Gasteiger partial charge in [0.15, 0.2) is 14.1 Å². The summed E-state index contributed by atoms with van der Waals surface area (Å²) in [6.45, 7) is 14.8. The Hall–Kier alpha value is -2.98. The third-order valence-corrected chi connectivity index (χ3v) is 16.0. The van der Waals surface area contributed by atoms with E-state index in [9.17, 15) is 14.7 Å². The number of methoxy groups -OCH3 is 3. The molecule has 0 amide bonds. The smallest absolute Gasteiger partial charge is 0.330 e. The first kappa shape index (κ1) is 44.4. The Balaban J connectivity index is 2.04. The highest BCUT2D eigenvalue weighted by Crippen LogP contribution is 2.51. The average molecular weight is 757 g/mol. The molecule has 3 rings (SSSR count). The van der Waals surface area contributed by atoms with Gasteiger partial charge in [-0.05, 0) is 68.9 Å². The third-order valence-electron chi connectivity index (χ3n) is 11.3. The maximum absolute atomic E-state index is 12.4. The van der Waals surface area contributed by atoms with E-state index in [0.29, 0.717) is 38.7 Å². The van der Waals surface area contributed by atoms with Gasteiger partial charge in [-0.25, -0.2) is 4.79 Å². The number of ether oxygens (including phenoxy) is 6. The van der Waals surface area contributed by atoms with Crippen molar-refractivity contribution in [3.8, 4) is 18.1 Å². The van der Waals surface area contributed by atoms with Crippen molar-refractivity contribution in [2.24, 2.45) is 10.8 Å². The van der Waals surface area contributed by atoms with Gasteiger partial charge in [0, 0.05) is 36.9 Å². The van der Waals surface area contributed by atoms with E-state index in [1.165, 1.54) is 13.2 Å². The van der Waals surface area contributed by atoms with Gasteiger partial charge < -0.3 is 38.0 Å². The number of benzene rings is 1. The molecule has 1 N–H and O–H groups in total. The highest BCUT2D eigenvalue weighted by Gasteiger charge is 2.58. The van der Waals surface area contributed by atoms with Gasteiger partial charge in [0.1, 0.15) is 5.75 Å². The lowest BCUT2D eigenvalue weighted by molar-refractivity contribution is -0.362. The fourth-order valence-corrected chi connectivity index (χ4v) is 10.4. The minimum Gasteiger partial charge on any atom is -0.497 e. The number of carboxylic acid groups (broad SMARTS) is 1. The van der Waals surface area contributed by atoms with Crippen LogP contribution in [-0.2, 0) is 44.3 Å². The number of carbonyl (C=O) groups excluding carboxylic acids is 1. The summed E-state index contributed by atoms with van der Waals surface area (Å²) in [4.78, 5) is 24.6. The van der Waals surface area contributed by atoms with Crippen LogP contribution in [0.1, 0.15) is 92.6 Å². The predicted molar refractivity (Wildman–Crippen MR) is 208 cm³/mol. The van der Waals surface area contributed by atoms with Crippen LogP contribution >= 0.6 is 0 Å². The normalized spacial score (nSPS) is 26.2. The topological polar surface area (TPSA) is 119 Å². The van der Waals surface area contributed by atoms with Crippen molar-refractivity contribution in [2.75, 3.05) is 21.3 Å². The predicted octanol–water partition coefficient (Wildman–Crippen LogP) is 8.25. The van der Waals surface area contributed by atoms with Crippen molar-refractivity contribution in [3.63, 3.8) is 0 Å². The standard InChI is InChI=1S/C42H64O10Si/c1-12-40(5,6)21-20-33-22-31(24-39(45)47-10)23-36(50-33)28-42(48-11)41(7,8)37(49-29-30-16-18-32(46-9)19-17-30)26-34(51-42)25-35(27-38(43)44)52-53(13-2,14-3)15-4/h1,16-21,24,33-37H,13-15,22-23,25-29H2,2-11H3,(H,43,44)/b21-20+,31-24+/t33-,34+,35+,36-,37-,42-/m0/s1. The maximum Gasteiger partial charge on any atom is 0.330 e. The molecule has 1 aromatic rings. The number of allylic oxidation sites excluding steroid dienone is 1. The first-order chi connectivity index (χ1) is 25.0. The molecule has 2 aliphatic heterocycles. The van der Waals surface area contributed by atoms with Crippen molar-refractivity contribution < 1.29 is 47.5 Å². The Morgan fingerprint density at radius 1 is 1.08 bits per heavy atom. The number of aliphatic carboxylic acids is 1. The zero-order chi connectivity index (χ0) is 39.5. The van der Waals surface area contributed by atoms with E-state index < -0.39 is 55.2 Å². The van der Waals surface area contributed by atoms with Gasteiger partial charge in [-0.1, -0.05) is 70.4 Å². The molecular formula is C42H64O10Si. The monoisotopic (exact) mass is 756 g/mol. The van der Waals surface area contributed by atoms with Crippen LogP contribution in [0.3, 0.4) is 0 Å². The first-order valence-corrected chi connectivity index (χ1v) is 21.5. The summed E-state index contributed by atoms with van der Waals surface area (Å²) in [7, 11) is 2.48. The zero-order valence-corrected chi connectivity index (χ0v) is 34.7. The summed E-state index contributed by atoms with van der Waals surface area (Å²) in [6.07, 6.45) is 11.2. The molecule has 0 aromatic heterocycles. The van der Waals surface area contributed by atoms with Crippen molar-refractivity contribution in [1.82, 2.24) is 0 Å². The van der Waals surface area contributed by atoms with Gasteiger partial charge >= 0.3 is 11.9 Å². The molecule has 6 atom stereocenters. The Labute approximate surface area is 319 Å².